The summed E-state index contributed by atoms with van der Waals surface area (Å²) >= 11 is 0. The van der Waals surface area contributed by atoms with Gasteiger partial charge in [0.15, 0.2) is 5.96 Å². The molecule has 0 spiro atoms. The molecule has 0 aliphatic rings. The van der Waals surface area contributed by atoms with E-state index in [1.807, 2.05) is 50.8 Å². The van der Waals surface area contributed by atoms with E-state index in [0.717, 1.165) is 35.4 Å². The number of guanidine groups is 1. The minimum atomic E-state index is 0. The Bertz CT molecular complexity index is 1180. The molecule has 2 aromatic carbocycles. The monoisotopic (exact) mass is 555 g/mol. The van der Waals surface area contributed by atoms with Gasteiger partial charge in [0.2, 0.25) is 0 Å². The van der Waals surface area contributed by atoms with Gasteiger partial charge in [-0.3, -0.25) is 4.99 Å². The fraction of sp³-hybridized carbons (Fsp3) is 0.240. The average molecular weight is 555 g/mol. The van der Waals surface area contributed by atoms with E-state index in [2.05, 4.69) is 71.1 Å². The third-order valence-electron chi connectivity index (χ3n) is 5.39. The van der Waals surface area contributed by atoms with Gasteiger partial charge in [-0.25, -0.2) is 9.97 Å². The summed E-state index contributed by atoms with van der Waals surface area (Å²) in [6.07, 6.45) is 5.72. The molecular formula is C25H30IN7. The number of hydrogen-bond donors (Lipinski definition) is 2. The Morgan fingerprint density at radius 1 is 1.09 bits per heavy atom. The molecule has 0 aliphatic carbocycles. The lowest BCUT2D eigenvalue weighted by Gasteiger charge is -2.21. The van der Waals surface area contributed by atoms with Crippen molar-refractivity contribution in [3.63, 3.8) is 0 Å². The van der Waals surface area contributed by atoms with Crippen LogP contribution in [0.1, 0.15) is 22.8 Å². The lowest BCUT2D eigenvalue weighted by molar-refractivity contribution is 0.464. The summed E-state index contributed by atoms with van der Waals surface area (Å²) in [6.45, 7) is 4.16. The maximum absolute atomic E-state index is 4.53. The van der Waals surface area contributed by atoms with Crippen LogP contribution in [-0.2, 0) is 19.6 Å². The molecule has 0 unspecified atom stereocenters. The van der Waals surface area contributed by atoms with E-state index >= 15 is 0 Å². The van der Waals surface area contributed by atoms with Crippen molar-refractivity contribution in [1.29, 1.82) is 0 Å². The van der Waals surface area contributed by atoms with Crippen LogP contribution in [0.3, 0.4) is 0 Å². The van der Waals surface area contributed by atoms with Crippen LogP contribution >= 0.6 is 24.0 Å². The zero-order valence-corrected chi connectivity index (χ0v) is 21.5. The van der Waals surface area contributed by atoms with Crippen molar-refractivity contribution in [1.82, 2.24) is 29.7 Å². The van der Waals surface area contributed by atoms with Crippen LogP contribution in [0, 0.1) is 6.92 Å². The highest BCUT2D eigenvalue weighted by atomic mass is 127. The smallest absolute Gasteiger partial charge is 0.194 e. The Hall–Kier alpha value is -3.14. The van der Waals surface area contributed by atoms with Gasteiger partial charge in [0.25, 0.3) is 0 Å². The number of halogens is 1. The van der Waals surface area contributed by atoms with Gasteiger partial charge < -0.3 is 19.8 Å². The number of nitrogens with zero attached hydrogens (tertiary/aromatic N) is 5. The molecule has 172 valence electrons. The van der Waals surface area contributed by atoms with E-state index in [4.69, 9.17) is 0 Å². The topological polar surface area (TPSA) is 74.1 Å². The highest BCUT2D eigenvalue weighted by Crippen LogP contribution is 2.16. The number of hydrogen-bond acceptors (Lipinski definition) is 3. The van der Waals surface area contributed by atoms with E-state index in [-0.39, 0.29) is 24.0 Å². The summed E-state index contributed by atoms with van der Waals surface area (Å²) in [4.78, 5) is 18.7. The number of benzene rings is 2. The maximum atomic E-state index is 4.53. The first-order valence-corrected chi connectivity index (χ1v) is 10.7. The molecule has 0 amide bonds. The number of aromatic amines is 1. The van der Waals surface area contributed by atoms with Gasteiger partial charge in [0.05, 0.1) is 18.4 Å². The van der Waals surface area contributed by atoms with E-state index < -0.39 is 0 Å². The van der Waals surface area contributed by atoms with Crippen LogP contribution < -0.4 is 5.32 Å². The Balaban J connectivity index is 0.00000306. The number of nitrogens with one attached hydrogen (secondary N) is 2. The van der Waals surface area contributed by atoms with Gasteiger partial charge in [0, 0.05) is 39.6 Å². The third kappa shape index (κ3) is 6.44. The maximum Gasteiger partial charge on any atom is 0.194 e. The summed E-state index contributed by atoms with van der Waals surface area (Å²) in [5.74, 6) is 2.73. The van der Waals surface area contributed by atoms with Crippen molar-refractivity contribution in [2.45, 2.75) is 26.6 Å². The molecule has 0 fully saturated rings. The molecular weight excluding hydrogens is 525 g/mol. The van der Waals surface area contributed by atoms with Crippen LogP contribution in [-0.4, -0.2) is 44.5 Å². The summed E-state index contributed by atoms with van der Waals surface area (Å²) in [5, 5.41) is 3.46. The van der Waals surface area contributed by atoms with Crippen molar-refractivity contribution in [3.05, 3.63) is 96.0 Å². The first kappa shape index (κ1) is 24.5. The Morgan fingerprint density at radius 2 is 1.88 bits per heavy atom. The molecule has 2 N–H and O–H groups in total. The van der Waals surface area contributed by atoms with Gasteiger partial charge in [-0.05, 0) is 23.6 Å². The van der Waals surface area contributed by atoms with Gasteiger partial charge in [-0.15, -0.1) is 24.0 Å². The number of aryl methyl sites for hydroxylation is 1. The minimum absolute atomic E-state index is 0. The van der Waals surface area contributed by atoms with Crippen LogP contribution in [0.5, 0.6) is 0 Å². The number of rotatable bonds is 7. The zero-order valence-electron chi connectivity index (χ0n) is 19.2. The molecule has 4 rings (SSSR count). The standard InChI is InChI=1S/C25H29N7.HI/c1-19-27-12-13-32(19)17-21-9-7-8-20(14-21)15-29-25(26-2)31(3)18-24-28-16-23(30-24)22-10-5-4-6-11-22;/h4-14,16H,15,17-18H2,1-3H3,(H,26,29)(H,28,30);1H. The lowest BCUT2D eigenvalue weighted by Crippen LogP contribution is -2.38. The normalized spacial score (nSPS) is 11.2. The number of aromatic nitrogens is 4. The Morgan fingerprint density at radius 3 is 2.61 bits per heavy atom. The van der Waals surface area contributed by atoms with Gasteiger partial charge in [-0.1, -0.05) is 54.6 Å². The van der Waals surface area contributed by atoms with Crippen LogP contribution in [0.4, 0.5) is 0 Å². The molecule has 0 bridgehead atoms. The summed E-state index contributed by atoms with van der Waals surface area (Å²) in [5.41, 5.74) is 4.60. The quantitative estimate of drug-likeness (QED) is 0.201. The van der Waals surface area contributed by atoms with E-state index in [1.165, 1.54) is 11.1 Å². The predicted molar refractivity (Wildman–Crippen MR) is 144 cm³/mol. The first-order valence-electron chi connectivity index (χ1n) is 10.7. The van der Waals surface area contributed by atoms with Crippen molar-refractivity contribution in [3.8, 4) is 11.3 Å². The first-order chi connectivity index (χ1) is 15.6. The summed E-state index contributed by atoms with van der Waals surface area (Å²) in [7, 11) is 3.81. The second-order valence-corrected chi connectivity index (χ2v) is 7.79. The van der Waals surface area contributed by atoms with E-state index in [9.17, 15) is 0 Å². The van der Waals surface area contributed by atoms with Crippen molar-refractivity contribution in [2.75, 3.05) is 14.1 Å². The van der Waals surface area contributed by atoms with Crippen molar-refractivity contribution >= 4 is 29.9 Å². The molecule has 8 heteroatoms. The number of aliphatic imine (C=N–C) groups is 1. The van der Waals surface area contributed by atoms with Crippen LogP contribution in [0.2, 0.25) is 0 Å². The Labute approximate surface area is 212 Å². The zero-order chi connectivity index (χ0) is 22.3. The molecule has 4 aromatic rings. The van der Waals surface area contributed by atoms with Gasteiger partial charge in [-0.2, -0.15) is 0 Å². The lowest BCUT2D eigenvalue weighted by atomic mass is 10.1. The molecule has 2 heterocycles. The fourth-order valence-corrected chi connectivity index (χ4v) is 3.68. The van der Waals surface area contributed by atoms with Crippen molar-refractivity contribution in [2.24, 2.45) is 4.99 Å². The molecule has 2 aromatic heterocycles. The summed E-state index contributed by atoms with van der Waals surface area (Å²) < 4.78 is 2.15. The molecule has 0 saturated heterocycles. The second kappa shape index (κ2) is 11.6. The third-order valence-corrected chi connectivity index (χ3v) is 5.39. The molecule has 0 saturated carbocycles. The molecule has 0 aliphatic heterocycles. The van der Waals surface area contributed by atoms with Crippen LogP contribution in [0.25, 0.3) is 11.3 Å². The average Bonchev–Trinajstić information content (AvgIpc) is 3.44. The molecule has 7 nitrogen and oxygen atoms in total. The largest absolute Gasteiger partial charge is 0.352 e. The summed E-state index contributed by atoms with van der Waals surface area (Å²) in [6, 6.07) is 18.8. The SMILES string of the molecule is CN=C(NCc1cccc(Cn2ccnc2C)c1)N(C)Cc1ncc(-c2ccccc2)[nH]1.I. The van der Waals surface area contributed by atoms with Crippen LogP contribution in [0.15, 0.2) is 78.2 Å². The highest BCUT2D eigenvalue weighted by Gasteiger charge is 2.10. The highest BCUT2D eigenvalue weighted by molar-refractivity contribution is 14.0. The predicted octanol–water partition coefficient (Wildman–Crippen LogP) is 4.46. The van der Waals surface area contributed by atoms with Gasteiger partial charge >= 0.3 is 0 Å². The number of imidazole rings is 2. The Kier molecular flexibility index (Phi) is 8.65. The second-order valence-electron chi connectivity index (χ2n) is 7.79. The van der Waals surface area contributed by atoms with E-state index in [0.29, 0.717) is 13.1 Å². The molecule has 0 radical (unpaired) electrons. The number of H-pyrrole nitrogens is 1. The minimum Gasteiger partial charge on any atom is -0.352 e. The fourth-order valence-electron chi connectivity index (χ4n) is 3.68. The van der Waals surface area contributed by atoms with E-state index in [1.54, 1.807) is 7.05 Å². The molecule has 33 heavy (non-hydrogen) atoms. The van der Waals surface area contributed by atoms with Gasteiger partial charge in [0.1, 0.15) is 11.6 Å². The van der Waals surface area contributed by atoms with Crippen molar-refractivity contribution < 1.29 is 0 Å². The molecule has 0 atom stereocenters.